The Morgan fingerprint density at radius 1 is 0.333 bits per heavy atom. The van der Waals surface area contributed by atoms with Gasteiger partial charge in [-0.15, -0.1) is 0 Å². The van der Waals surface area contributed by atoms with E-state index in [0.29, 0.717) is 17.5 Å². The summed E-state index contributed by atoms with van der Waals surface area (Å²) in [5, 5.41) is 6.54. The molecule has 0 unspecified atom stereocenters. The molecule has 12 aromatic rings. The molecule has 0 aliphatic carbocycles. The summed E-state index contributed by atoms with van der Waals surface area (Å²) in [6.45, 7) is 0. The van der Waals surface area contributed by atoms with Gasteiger partial charge in [-0.1, -0.05) is 127 Å². The van der Waals surface area contributed by atoms with Gasteiger partial charge < -0.3 is 13.4 Å². The van der Waals surface area contributed by atoms with Crippen LogP contribution >= 0.6 is 0 Å². The summed E-state index contributed by atoms with van der Waals surface area (Å²) >= 11 is 0. The van der Waals surface area contributed by atoms with E-state index in [2.05, 4.69) is 120 Å². The Bertz CT molecular complexity index is 3530. The lowest BCUT2D eigenvalue weighted by Gasteiger charge is -2.15. The second kappa shape index (κ2) is 12.3. The van der Waals surface area contributed by atoms with E-state index in [1.807, 2.05) is 66.7 Å². The lowest BCUT2D eigenvalue weighted by molar-refractivity contribution is 0.669. The first-order chi connectivity index (χ1) is 28.2. The van der Waals surface area contributed by atoms with E-state index < -0.39 is 0 Å². The SMILES string of the molecule is c1ccc(-c2nc(-c3cc(-c4ccccc4)c4c(c3)oc3ccccc34)nc(-c3ccccc3-n3c4ccccc4c4cc5oc6ccccc6c5cc43)n2)cc1. The summed E-state index contributed by atoms with van der Waals surface area (Å²) in [5.74, 6) is 1.72. The van der Waals surface area contributed by atoms with Crippen LogP contribution in [0.2, 0.25) is 0 Å². The maximum Gasteiger partial charge on any atom is 0.166 e. The molecule has 0 spiro atoms. The summed E-state index contributed by atoms with van der Waals surface area (Å²) in [7, 11) is 0. The van der Waals surface area contributed by atoms with Crippen molar-refractivity contribution in [3.8, 4) is 51.0 Å². The van der Waals surface area contributed by atoms with Gasteiger partial charge in [-0.2, -0.15) is 0 Å². The third-order valence-corrected chi connectivity index (χ3v) is 11.0. The summed E-state index contributed by atoms with van der Waals surface area (Å²) in [5.41, 5.74) is 11.2. The second-order valence-corrected chi connectivity index (χ2v) is 14.4. The third-order valence-electron chi connectivity index (χ3n) is 11.0. The maximum atomic E-state index is 6.53. The van der Waals surface area contributed by atoms with Crippen LogP contribution in [0.15, 0.2) is 191 Å². The second-order valence-electron chi connectivity index (χ2n) is 14.4. The van der Waals surface area contributed by atoms with Crippen molar-refractivity contribution in [2.75, 3.05) is 0 Å². The predicted octanol–water partition coefficient (Wildman–Crippen LogP) is 13.4. The number of hydrogen-bond donors (Lipinski definition) is 0. The van der Waals surface area contributed by atoms with Gasteiger partial charge in [0.05, 0.1) is 16.7 Å². The molecular formula is C51H30N4O2. The zero-order valence-corrected chi connectivity index (χ0v) is 30.4. The fraction of sp³-hybridized carbons (Fsp3) is 0. The van der Waals surface area contributed by atoms with Gasteiger partial charge in [0.2, 0.25) is 0 Å². The zero-order chi connectivity index (χ0) is 37.5. The Balaban J connectivity index is 1.13. The molecular weight excluding hydrogens is 701 g/mol. The molecule has 266 valence electrons. The molecule has 6 nitrogen and oxygen atoms in total. The molecule has 4 aromatic heterocycles. The van der Waals surface area contributed by atoms with Crippen molar-refractivity contribution in [3.05, 3.63) is 182 Å². The normalized spacial score (nSPS) is 11.9. The van der Waals surface area contributed by atoms with Crippen molar-refractivity contribution in [1.29, 1.82) is 0 Å². The average molecular weight is 731 g/mol. The molecule has 0 fully saturated rings. The van der Waals surface area contributed by atoms with Crippen molar-refractivity contribution in [2.45, 2.75) is 0 Å². The molecule has 57 heavy (non-hydrogen) atoms. The molecule has 4 heterocycles. The predicted molar refractivity (Wildman–Crippen MR) is 230 cm³/mol. The fourth-order valence-corrected chi connectivity index (χ4v) is 8.47. The van der Waals surface area contributed by atoms with Crippen LogP contribution in [0.4, 0.5) is 0 Å². The molecule has 12 rings (SSSR count). The van der Waals surface area contributed by atoms with Gasteiger partial charge in [0.1, 0.15) is 22.3 Å². The van der Waals surface area contributed by atoms with Crippen molar-refractivity contribution in [1.82, 2.24) is 19.5 Å². The number of benzene rings is 8. The van der Waals surface area contributed by atoms with Gasteiger partial charge in [-0.25, -0.2) is 15.0 Å². The van der Waals surface area contributed by atoms with Crippen LogP contribution in [0.1, 0.15) is 0 Å². The van der Waals surface area contributed by atoms with Crippen molar-refractivity contribution < 1.29 is 8.83 Å². The average Bonchev–Trinajstić information content (AvgIpc) is 3.95. The van der Waals surface area contributed by atoms with Crippen LogP contribution in [0.25, 0.3) is 117 Å². The number of nitrogens with zero attached hydrogens (tertiary/aromatic N) is 4. The topological polar surface area (TPSA) is 69.9 Å². The van der Waals surface area contributed by atoms with Gasteiger partial charge in [0.15, 0.2) is 17.5 Å². The Morgan fingerprint density at radius 2 is 0.930 bits per heavy atom. The summed E-state index contributed by atoms with van der Waals surface area (Å²) in [6.07, 6.45) is 0. The van der Waals surface area contributed by atoms with E-state index in [4.69, 9.17) is 23.8 Å². The highest BCUT2D eigenvalue weighted by Crippen LogP contribution is 2.42. The smallest absolute Gasteiger partial charge is 0.166 e. The maximum absolute atomic E-state index is 6.53. The Labute approximate surface area is 325 Å². The first kappa shape index (κ1) is 31.5. The monoisotopic (exact) mass is 730 g/mol. The van der Waals surface area contributed by atoms with Crippen LogP contribution in [-0.2, 0) is 0 Å². The molecule has 0 bridgehead atoms. The minimum atomic E-state index is 0.557. The number of hydrogen-bond acceptors (Lipinski definition) is 5. The number of rotatable bonds is 5. The quantitative estimate of drug-likeness (QED) is 0.176. The van der Waals surface area contributed by atoms with Gasteiger partial charge >= 0.3 is 0 Å². The Morgan fingerprint density at radius 3 is 1.74 bits per heavy atom. The van der Waals surface area contributed by atoms with Crippen molar-refractivity contribution >= 4 is 65.7 Å². The summed E-state index contributed by atoms with van der Waals surface area (Å²) in [6, 6.07) is 62.6. The van der Waals surface area contributed by atoms with E-state index in [9.17, 15) is 0 Å². The number of para-hydroxylation sites is 4. The molecule has 8 aromatic carbocycles. The third kappa shape index (κ3) is 4.94. The minimum absolute atomic E-state index is 0.557. The fourth-order valence-electron chi connectivity index (χ4n) is 8.47. The van der Waals surface area contributed by atoms with Crippen LogP contribution in [-0.4, -0.2) is 19.5 Å². The van der Waals surface area contributed by atoms with Crippen LogP contribution < -0.4 is 0 Å². The minimum Gasteiger partial charge on any atom is -0.456 e. The first-order valence-electron chi connectivity index (χ1n) is 19.0. The highest BCUT2D eigenvalue weighted by molar-refractivity contribution is 6.17. The molecule has 6 heteroatoms. The van der Waals surface area contributed by atoms with E-state index in [0.717, 1.165) is 99.2 Å². The van der Waals surface area contributed by atoms with E-state index >= 15 is 0 Å². The van der Waals surface area contributed by atoms with Crippen LogP contribution in [0.5, 0.6) is 0 Å². The lowest BCUT2D eigenvalue weighted by Crippen LogP contribution is -2.03. The molecule has 0 saturated carbocycles. The molecule has 0 radical (unpaired) electrons. The van der Waals surface area contributed by atoms with E-state index in [-0.39, 0.29) is 0 Å². The molecule has 0 saturated heterocycles. The molecule has 0 aliphatic rings. The summed E-state index contributed by atoms with van der Waals surface area (Å²) < 4.78 is 15.2. The molecule has 0 N–H and O–H groups in total. The Kier molecular flexibility index (Phi) is 6.83. The highest BCUT2D eigenvalue weighted by atomic mass is 16.3. The largest absolute Gasteiger partial charge is 0.456 e. The standard InChI is InChI=1S/C51H30N4O2/c1-3-15-31(16-4-1)38-27-33(28-47-48(38)37-22-10-14-26-45(37)57-47)50-52-49(32-17-5-2-6-18-32)53-51(54-50)36-21-8-12-24-42(36)55-41-23-11-7-19-34(41)39-30-46-40(29-43(39)55)35-20-9-13-25-44(35)56-46/h1-30H. The number of aromatic nitrogens is 4. The van der Waals surface area contributed by atoms with E-state index in [1.165, 1.54) is 0 Å². The van der Waals surface area contributed by atoms with Crippen LogP contribution in [0, 0.1) is 0 Å². The highest BCUT2D eigenvalue weighted by Gasteiger charge is 2.22. The molecule has 0 amide bonds. The first-order valence-corrected chi connectivity index (χ1v) is 19.0. The lowest BCUT2D eigenvalue weighted by atomic mass is 9.97. The van der Waals surface area contributed by atoms with Crippen molar-refractivity contribution in [3.63, 3.8) is 0 Å². The van der Waals surface area contributed by atoms with E-state index in [1.54, 1.807) is 0 Å². The molecule has 0 atom stereocenters. The van der Waals surface area contributed by atoms with Crippen molar-refractivity contribution in [2.24, 2.45) is 0 Å². The van der Waals surface area contributed by atoms with Gasteiger partial charge in [0.25, 0.3) is 0 Å². The zero-order valence-electron chi connectivity index (χ0n) is 30.4. The van der Waals surface area contributed by atoms with Crippen LogP contribution in [0.3, 0.4) is 0 Å². The molecule has 0 aliphatic heterocycles. The van der Waals surface area contributed by atoms with Gasteiger partial charge in [-0.05, 0) is 65.7 Å². The van der Waals surface area contributed by atoms with Gasteiger partial charge in [-0.3, -0.25) is 0 Å². The summed E-state index contributed by atoms with van der Waals surface area (Å²) in [4.78, 5) is 15.7. The van der Waals surface area contributed by atoms with Gasteiger partial charge in [0, 0.05) is 49.0 Å². The number of furan rings is 2. The number of fused-ring (bicyclic) bond motifs is 9. The Hall–Kier alpha value is -7.83.